The second-order valence-corrected chi connectivity index (χ2v) is 4.34. The summed E-state index contributed by atoms with van der Waals surface area (Å²) in [6, 6.07) is 8.14. The van der Waals surface area contributed by atoms with Crippen LogP contribution < -0.4 is 4.74 Å². The van der Waals surface area contributed by atoms with Crippen molar-refractivity contribution in [1.29, 1.82) is 0 Å². The maximum Gasteiger partial charge on any atom is 0.123 e. The maximum atomic E-state index is 9.77. The zero-order valence-electron chi connectivity index (χ0n) is 8.73. The van der Waals surface area contributed by atoms with Crippen molar-refractivity contribution in [1.82, 2.24) is 0 Å². The topological polar surface area (TPSA) is 29.5 Å². The van der Waals surface area contributed by atoms with E-state index in [0.29, 0.717) is 5.76 Å². The van der Waals surface area contributed by atoms with E-state index in [4.69, 9.17) is 4.74 Å². The van der Waals surface area contributed by atoms with Gasteiger partial charge in [-0.3, -0.25) is 0 Å². The minimum atomic E-state index is 0.235. The molecule has 2 aliphatic rings. The third-order valence-electron chi connectivity index (χ3n) is 3.49. The van der Waals surface area contributed by atoms with E-state index in [0.717, 1.165) is 24.2 Å². The molecule has 0 fully saturated rings. The van der Waals surface area contributed by atoms with Crippen LogP contribution in [0, 0.1) is 0 Å². The lowest BCUT2D eigenvalue weighted by Crippen LogP contribution is -2.24. The van der Waals surface area contributed by atoms with E-state index in [1.165, 1.54) is 5.56 Å². The second-order valence-electron chi connectivity index (χ2n) is 4.34. The number of benzene rings is 1. The van der Waals surface area contributed by atoms with Crippen LogP contribution in [0.1, 0.15) is 31.2 Å². The smallest absolute Gasteiger partial charge is 0.123 e. The summed E-state index contributed by atoms with van der Waals surface area (Å²) in [4.78, 5) is 0. The van der Waals surface area contributed by atoms with Crippen LogP contribution in [0.25, 0.3) is 0 Å². The molecule has 1 aromatic rings. The van der Waals surface area contributed by atoms with Gasteiger partial charge in [-0.1, -0.05) is 18.2 Å². The van der Waals surface area contributed by atoms with Crippen molar-refractivity contribution in [3.05, 3.63) is 41.2 Å². The molecule has 2 unspecified atom stereocenters. The van der Waals surface area contributed by atoms with Gasteiger partial charge in [0.1, 0.15) is 11.9 Å². The second kappa shape index (κ2) is 3.02. The monoisotopic (exact) mass is 202 g/mol. The number of ether oxygens (including phenoxy) is 1. The normalized spacial score (nSPS) is 28.3. The van der Waals surface area contributed by atoms with Crippen molar-refractivity contribution in [2.24, 2.45) is 0 Å². The average molecular weight is 202 g/mol. The highest BCUT2D eigenvalue weighted by Crippen LogP contribution is 2.47. The first-order valence-electron chi connectivity index (χ1n) is 5.41. The van der Waals surface area contributed by atoms with Crippen molar-refractivity contribution in [3.8, 4) is 5.75 Å². The fraction of sp³-hybridized carbons (Fsp3) is 0.385. The van der Waals surface area contributed by atoms with E-state index in [1.807, 2.05) is 25.1 Å². The highest BCUT2D eigenvalue weighted by Gasteiger charge is 2.38. The standard InChI is InChI=1S/C13H14O2/c1-8-10(14)6-7-12-13(8)9-4-2-3-5-11(9)15-12/h2-5,12-14H,6-7H2,1H3. The lowest BCUT2D eigenvalue weighted by Gasteiger charge is -2.25. The van der Waals surface area contributed by atoms with Crippen molar-refractivity contribution in [2.75, 3.05) is 0 Å². The molecule has 0 saturated carbocycles. The summed E-state index contributed by atoms with van der Waals surface area (Å²) >= 11 is 0. The Kier molecular flexibility index (Phi) is 1.78. The van der Waals surface area contributed by atoms with E-state index in [9.17, 15) is 5.11 Å². The van der Waals surface area contributed by atoms with Crippen LogP contribution in [0.5, 0.6) is 5.75 Å². The minimum absolute atomic E-state index is 0.235. The Bertz CT molecular complexity index is 434. The van der Waals surface area contributed by atoms with E-state index in [1.54, 1.807) is 0 Å². The quantitative estimate of drug-likeness (QED) is 0.700. The molecular weight excluding hydrogens is 188 g/mol. The molecule has 3 rings (SSSR count). The molecule has 1 aromatic carbocycles. The number of fused-ring (bicyclic) bond motifs is 3. The van der Waals surface area contributed by atoms with Crippen molar-refractivity contribution in [3.63, 3.8) is 0 Å². The Morgan fingerprint density at radius 2 is 2.13 bits per heavy atom. The summed E-state index contributed by atoms with van der Waals surface area (Å²) in [6.45, 7) is 2.01. The predicted molar refractivity (Wildman–Crippen MR) is 58.2 cm³/mol. The van der Waals surface area contributed by atoms with Crippen LogP contribution in [-0.2, 0) is 0 Å². The summed E-state index contributed by atoms with van der Waals surface area (Å²) in [5.41, 5.74) is 2.31. The van der Waals surface area contributed by atoms with Crippen molar-refractivity contribution >= 4 is 0 Å². The number of hydrogen-bond donors (Lipinski definition) is 1. The van der Waals surface area contributed by atoms with Gasteiger partial charge in [0, 0.05) is 17.9 Å². The molecule has 0 bridgehead atoms. The van der Waals surface area contributed by atoms with Gasteiger partial charge in [-0.05, 0) is 25.0 Å². The molecule has 0 spiro atoms. The van der Waals surface area contributed by atoms with Crippen LogP contribution in [0.3, 0.4) is 0 Å². The third-order valence-corrected chi connectivity index (χ3v) is 3.49. The van der Waals surface area contributed by atoms with E-state index in [-0.39, 0.29) is 12.0 Å². The lowest BCUT2D eigenvalue weighted by molar-refractivity contribution is 0.181. The predicted octanol–water partition coefficient (Wildman–Crippen LogP) is 3.16. The Hall–Kier alpha value is -1.44. The molecule has 78 valence electrons. The largest absolute Gasteiger partial charge is 0.512 e. The van der Waals surface area contributed by atoms with Crippen molar-refractivity contribution < 1.29 is 9.84 Å². The number of para-hydroxylation sites is 1. The zero-order valence-corrected chi connectivity index (χ0v) is 8.73. The Labute approximate surface area is 89.2 Å². The molecule has 1 heterocycles. The Morgan fingerprint density at radius 1 is 1.33 bits per heavy atom. The van der Waals surface area contributed by atoms with Crippen LogP contribution in [0.2, 0.25) is 0 Å². The molecule has 0 radical (unpaired) electrons. The van der Waals surface area contributed by atoms with Gasteiger partial charge in [-0.2, -0.15) is 0 Å². The van der Waals surface area contributed by atoms with Gasteiger partial charge >= 0.3 is 0 Å². The van der Waals surface area contributed by atoms with Gasteiger partial charge in [0.25, 0.3) is 0 Å². The molecular formula is C13H14O2. The fourth-order valence-corrected chi connectivity index (χ4v) is 2.67. The van der Waals surface area contributed by atoms with Crippen LogP contribution in [-0.4, -0.2) is 11.2 Å². The summed E-state index contributed by atoms with van der Waals surface area (Å²) in [5, 5.41) is 9.77. The van der Waals surface area contributed by atoms with Crippen LogP contribution >= 0.6 is 0 Å². The van der Waals surface area contributed by atoms with Crippen molar-refractivity contribution in [2.45, 2.75) is 31.8 Å². The Morgan fingerprint density at radius 3 is 3.00 bits per heavy atom. The highest BCUT2D eigenvalue weighted by atomic mass is 16.5. The molecule has 0 aromatic heterocycles. The first kappa shape index (κ1) is 8.84. The summed E-state index contributed by atoms with van der Waals surface area (Å²) < 4.78 is 5.88. The van der Waals surface area contributed by atoms with E-state index >= 15 is 0 Å². The third kappa shape index (κ3) is 1.17. The molecule has 2 heteroatoms. The van der Waals surface area contributed by atoms with Gasteiger partial charge in [-0.25, -0.2) is 0 Å². The lowest BCUT2D eigenvalue weighted by atomic mass is 9.82. The minimum Gasteiger partial charge on any atom is -0.512 e. The summed E-state index contributed by atoms with van der Waals surface area (Å²) in [6.07, 6.45) is 1.90. The number of rotatable bonds is 0. The number of aliphatic hydroxyl groups excluding tert-OH is 1. The fourth-order valence-electron chi connectivity index (χ4n) is 2.67. The maximum absolute atomic E-state index is 9.77. The first-order valence-corrected chi connectivity index (χ1v) is 5.41. The highest BCUT2D eigenvalue weighted by molar-refractivity contribution is 5.46. The average Bonchev–Trinajstić information content (AvgIpc) is 2.62. The molecule has 1 aliphatic heterocycles. The summed E-state index contributed by atoms with van der Waals surface area (Å²) in [7, 11) is 0. The first-order chi connectivity index (χ1) is 7.27. The van der Waals surface area contributed by atoms with E-state index in [2.05, 4.69) is 6.07 Å². The van der Waals surface area contributed by atoms with Crippen LogP contribution in [0.4, 0.5) is 0 Å². The number of hydrogen-bond acceptors (Lipinski definition) is 2. The van der Waals surface area contributed by atoms with Gasteiger partial charge in [-0.15, -0.1) is 0 Å². The molecule has 1 aliphatic carbocycles. The zero-order chi connectivity index (χ0) is 10.4. The van der Waals surface area contributed by atoms with Gasteiger partial charge in [0.15, 0.2) is 0 Å². The van der Waals surface area contributed by atoms with Gasteiger partial charge in [0.05, 0.1) is 5.76 Å². The molecule has 1 N–H and O–H groups in total. The van der Waals surface area contributed by atoms with E-state index < -0.39 is 0 Å². The van der Waals surface area contributed by atoms with Gasteiger partial charge < -0.3 is 9.84 Å². The molecule has 2 nitrogen and oxygen atoms in total. The molecule has 0 amide bonds. The van der Waals surface area contributed by atoms with Gasteiger partial charge in [0.2, 0.25) is 0 Å². The number of aliphatic hydroxyl groups is 1. The molecule has 0 saturated heterocycles. The summed E-state index contributed by atoms with van der Waals surface area (Å²) in [5.74, 6) is 1.81. The van der Waals surface area contributed by atoms with Crippen LogP contribution in [0.15, 0.2) is 35.6 Å². The SMILES string of the molecule is CC1=C(O)CCC2Oc3ccccc3C12. The Balaban J connectivity index is 2.12. The molecule has 2 atom stereocenters. The molecule has 15 heavy (non-hydrogen) atoms. The number of allylic oxidation sites excluding steroid dienone is 1.